The molecule has 23 heavy (non-hydrogen) atoms. The van der Waals surface area contributed by atoms with Gasteiger partial charge in [0.05, 0.1) is 10.7 Å². The lowest BCUT2D eigenvalue weighted by molar-refractivity contribution is 0.102. The molecule has 0 aliphatic carbocycles. The lowest BCUT2D eigenvalue weighted by atomic mass is 10.1. The van der Waals surface area contributed by atoms with Crippen molar-refractivity contribution in [2.45, 2.75) is 0 Å². The van der Waals surface area contributed by atoms with Crippen molar-refractivity contribution in [3.63, 3.8) is 0 Å². The van der Waals surface area contributed by atoms with E-state index >= 15 is 0 Å². The lowest BCUT2D eigenvalue weighted by Crippen LogP contribution is -2.21. The standard InChI is InChI=1S/C16H10Cl2N2O3/c17-9-4-5-11(18)12(7-9)20-16(22)10-6-8-2-1-3-13(21)14(8)23-15(10)19/h1-7,19,21H,(H,20,22). The van der Waals surface area contributed by atoms with Gasteiger partial charge in [-0.3, -0.25) is 10.2 Å². The van der Waals surface area contributed by atoms with Gasteiger partial charge in [-0.25, -0.2) is 0 Å². The van der Waals surface area contributed by atoms with Crippen LogP contribution in [-0.2, 0) is 0 Å². The average molecular weight is 349 g/mol. The Labute approximate surface area is 140 Å². The maximum absolute atomic E-state index is 12.4. The highest BCUT2D eigenvalue weighted by Gasteiger charge is 2.14. The van der Waals surface area contributed by atoms with Crippen LogP contribution in [0.4, 0.5) is 5.69 Å². The second kappa shape index (κ2) is 5.95. The zero-order valence-electron chi connectivity index (χ0n) is 11.6. The zero-order chi connectivity index (χ0) is 16.6. The Morgan fingerprint density at radius 1 is 1.17 bits per heavy atom. The molecule has 0 atom stereocenters. The third-order valence-corrected chi connectivity index (χ3v) is 3.76. The van der Waals surface area contributed by atoms with E-state index < -0.39 is 5.91 Å². The first-order valence-electron chi connectivity index (χ1n) is 6.52. The van der Waals surface area contributed by atoms with E-state index in [9.17, 15) is 9.90 Å². The van der Waals surface area contributed by atoms with Crippen molar-refractivity contribution in [2.75, 3.05) is 5.32 Å². The van der Waals surface area contributed by atoms with Crippen LogP contribution >= 0.6 is 23.2 Å². The molecule has 0 unspecified atom stereocenters. The maximum atomic E-state index is 12.4. The van der Waals surface area contributed by atoms with Crippen LogP contribution in [0.25, 0.3) is 11.0 Å². The molecule has 0 saturated heterocycles. The van der Waals surface area contributed by atoms with E-state index in [4.69, 9.17) is 33.0 Å². The average Bonchev–Trinajstić information content (AvgIpc) is 2.51. The van der Waals surface area contributed by atoms with Crippen LogP contribution in [0.3, 0.4) is 0 Å². The summed E-state index contributed by atoms with van der Waals surface area (Å²) in [5.74, 6) is -0.658. The third kappa shape index (κ3) is 3.02. The Bertz CT molecular complexity index is 983. The molecule has 1 heterocycles. The molecule has 0 aliphatic rings. The van der Waals surface area contributed by atoms with Gasteiger partial charge in [0.1, 0.15) is 5.56 Å². The summed E-state index contributed by atoms with van der Waals surface area (Å²) >= 11 is 11.9. The molecule has 0 radical (unpaired) electrons. The second-order valence-electron chi connectivity index (χ2n) is 4.76. The summed E-state index contributed by atoms with van der Waals surface area (Å²) in [5, 5.41) is 21.4. The Kier molecular flexibility index (Phi) is 3.98. The molecular weight excluding hydrogens is 339 g/mol. The first kappa shape index (κ1) is 15.4. The molecule has 0 bridgehead atoms. The molecule has 0 spiro atoms. The van der Waals surface area contributed by atoms with Crippen molar-refractivity contribution in [3.05, 3.63) is 63.6 Å². The molecule has 116 valence electrons. The highest BCUT2D eigenvalue weighted by molar-refractivity contribution is 6.35. The van der Waals surface area contributed by atoms with Gasteiger partial charge in [-0.2, -0.15) is 0 Å². The minimum Gasteiger partial charge on any atom is -0.504 e. The van der Waals surface area contributed by atoms with Crippen molar-refractivity contribution in [1.82, 2.24) is 0 Å². The smallest absolute Gasteiger partial charge is 0.261 e. The number of aromatic hydroxyl groups is 1. The minimum absolute atomic E-state index is 0.0131. The highest BCUT2D eigenvalue weighted by atomic mass is 35.5. The van der Waals surface area contributed by atoms with E-state index in [-0.39, 0.29) is 22.5 Å². The normalized spacial score (nSPS) is 10.7. The van der Waals surface area contributed by atoms with Crippen molar-refractivity contribution in [1.29, 1.82) is 5.41 Å². The van der Waals surface area contributed by atoms with Crippen molar-refractivity contribution < 1.29 is 14.3 Å². The molecule has 7 heteroatoms. The van der Waals surface area contributed by atoms with E-state index in [0.29, 0.717) is 21.1 Å². The van der Waals surface area contributed by atoms with Crippen LogP contribution in [0.5, 0.6) is 5.75 Å². The van der Waals surface area contributed by atoms with Crippen LogP contribution in [0.15, 0.2) is 46.9 Å². The summed E-state index contributed by atoms with van der Waals surface area (Å²) in [5.41, 5.74) is 0.128. The number of carbonyl (C=O) groups excluding carboxylic acids is 1. The number of phenols is 1. The molecule has 2 aromatic carbocycles. The monoisotopic (exact) mass is 348 g/mol. The number of hydrogen-bond acceptors (Lipinski definition) is 4. The summed E-state index contributed by atoms with van der Waals surface area (Å²) in [6.45, 7) is 0. The van der Waals surface area contributed by atoms with E-state index in [0.717, 1.165) is 0 Å². The number of carbonyl (C=O) groups is 1. The van der Waals surface area contributed by atoms with Gasteiger partial charge in [-0.15, -0.1) is 0 Å². The largest absolute Gasteiger partial charge is 0.504 e. The summed E-state index contributed by atoms with van der Waals surface area (Å²) in [4.78, 5) is 12.4. The predicted molar refractivity (Wildman–Crippen MR) is 88.1 cm³/mol. The molecule has 3 aromatic rings. The number of para-hydroxylation sites is 1. The van der Waals surface area contributed by atoms with Gasteiger partial charge >= 0.3 is 0 Å². The van der Waals surface area contributed by atoms with Crippen molar-refractivity contribution >= 4 is 45.8 Å². The molecule has 0 fully saturated rings. The van der Waals surface area contributed by atoms with Crippen LogP contribution < -0.4 is 10.9 Å². The van der Waals surface area contributed by atoms with Gasteiger partial charge in [0, 0.05) is 10.4 Å². The SMILES string of the molecule is N=c1oc2c(O)cccc2cc1C(=O)Nc1cc(Cl)ccc1Cl. The van der Waals surface area contributed by atoms with E-state index in [1.165, 1.54) is 18.2 Å². The first-order valence-corrected chi connectivity index (χ1v) is 7.28. The zero-order valence-corrected chi connectivity index (χ0v) is 13.1. The van der Waals surface area contributed by atoms with Gasteiger partial charge in [0.2, 0.25) is 5.55 Å². The van der Waals surface area contributed by atoms with E-state index in [1.54, 1.807) is 24.3 Å². The van der Waals surface area contributed by atoms with Crippen LogP contribution in [-0.4, -0.2) is 11.0 Å². The Hall–Kier alpha value is -2.50. The number of fused-ring (bicyclic) bond motifs is 1. The van der Waals surface area contributed by atoms with E-state index in [1.807, 2.05) is 0 Å². The summed E-state index contributed by atoms with van der Waals surface area (Å²) < 4.78 is 5.23. The number of amides is 1. The fraction of sp³-hybridized carbons (Fsp3) is 0. The minimum atomic E-state index is -0.562. The van der Waals surface area contributed by atoms with Crippen LogP contribution in [0.1, 0.15) is 10.4 Å². The van der Waals surface area contributed by atoms with E-state index in [2.05, 4.69) is 5.32 Å². The number of nitrogens with one attached hydrogen (secondary N) is 2. The van der Waals surface area contributed by atoms with Crippen LogP contribution in [0, 0.1) is 5.41 Å². The molecule has 0 saturated carbocycles. The number of halogens is 2. The summed E-state index contributed by atoms with van der Waals surface area (Å²) in [7, 11) is 0. The summed E-state index contributed by atoms with van der Waals surface area (Å²) in [6.07, 6.45) is 0. The fourth-order valence-corrected chi connectivity index (χ4v) is 2.43. The van der Waals surface area contributed by atoms with Gasteiger partial charge in [0.15, 0.2) is 11.3 Å². The molecular formula is C16H10Cl2N2O3. The third-order valence-electron chi connectivity index (χ3n) is 3.19. The number of phenolic OH excluding ortho intramolecular Hbond substituents is 1. The van der Waals surface area contributed by atoms with Crippen LogP contribution in [0.2, 0.25) is 10.0 Å². The Balaban J connectivity index is 2.03. The molecule has 1 aromatic heterocycles. The molecule has 1 amide bonds. The van der Waals surface area contributed by atoms with Crippen molar-refractivity contribution in [2.24, 2.45) is 0 Å². The molecule has 5 nitrogen and oxygen atoms in total. The van der Waals surface area contributed by atoms with Gasteiger partial charge in [-0.1, -0.05) is 35.3 Å². The van der Waals surface area contributed by atoms with Gasteiger partial charge in [0.25, 0.3) is 5.91 Å². The Morgan fingerprint density at radius 2 is 1.96 bits per heavy atom. The lowest BCUT2D eigenvalue weighted by Gasteiger charge is -2.08. The second-order valence-corrected chi connectivity index (χ2v) is 5.61. The maximum Gasteiger partial charge on any atom is 0.261 e. The number of benzene rings is 2. The highest BCUT2D eigenvalue weighted by Crippen LogP contribution is 2.27. The number of anilines is 1. The molecule has 0 aliphatic heterocycles. The number of hydrogen-bond donors (Lipinski definition) is 3. The number of rotatable bonds is 2. The quantitative estimate of drug-likeness (QED) is 0.649. The van der Waals surface area contributed by atoms with Gasteiger partial charge in [-0.05, 0) is 30.3 Å². The van der Waals surface area contributed by atoms with Crippen molar-refractivity contribution in [3.8, 4) is 5.75 Å². The topological polar surface area (TPSA) is 86.3 Å². The fourth-order valence-electron chi connectivity index (χ4n) is 2.10. The first-order chi connectivity index (χ1) is 11.0. The predicted octanol–water partition coefficient (Wildman–Crippen LogP) is 4.18. The summed E-state index contributed by atoms with van der Waals surface area (Å²) in [6, 6.07) is 10.9. The molecule has 3 N–H and O–H groups in total. The Morgan fingerprint density at radius 3 is 2.74 bits per heavy atom. The van der Waals surface area contributed by atoms with Gasteiger partial charge < -0.3 is 14.8 Å². The molecule has 3 rings (SSSR count).